The van der Waals surface area contributed by atoms with Crippen LogP contribution in [0.15, 0.2) is 23.1 Å². The largest absolute Gasteiger partial charge is 0.452 e. The number of nitrogens with one attached hydrogen (secondary N) is 2. The number of hydrogen-bond donors (Lipinski definition) is 2. The quantitative estimate of drug-likeness (QED) is 0.614. The highest BCUT2D eigenvalue weighted by atomic mass is 35.5. The molecule has 11 heteroatoms. The van der Waals surface area contributed by atoms with Crippen LogP contribution in [0.25, 0.3) is 0 Å². The highest BCUT2D eigenvalue weighted by Gasteiger charge is 2.26. The van der Waals surface area contributed by atoms with E-state index < -0.39 is 34.5 Å². The van der Waals surface area contributed by atoms with Crippen LogP contribution in [-0.2, 0) is 19.6 Å². The molecule has 0 radical (unpaired) electrons. The molecule has 0 aliphatic rings. The van der Waals surface area contributed by atoms with Crippen LogP contribution in [0.4, 0.5) is 4.79 Å². The molecule has 150 valence electrons. The summed E-state index contributed by atoms with van der Waals surface area (Å²) in [5.74, 6) is -1.74. The van der Waals surface area contributed by atoms with Gasteiger partial charge in [-0.1, -0.05) is 25.4 Å². The molecule has 0 saturated carbocycles. The molecule has 0 aromatic heterocycles. The fourth-order valence-electron chi connectivity index (χ4n) is 2.11. The molecule has 0 spiro atoms. The van der Waals surface area contributed by atoms with Crippen molar-refractivity contribution in [2.45, 2.75) is 25.7 Å². The highest BCUT2D eigenvalue weighted by Crippen LogP contribution is 2.26. The van der Waals surface area contributed by atoms with E-state index in [9.17, 15) is 22.8 Å². The predicted octanol–water partition coefficient (Wildman–Crippen LogP) is 1.37. The van der Waals surface area contributed by atoms with Gasteiger partial charge in [0.25, 0.3) is 5.91 Å². The molecule has 0 saturated heterocycles. The van der Waals surface area contributed by atoms with Crippen LogP contribution >= 0.6 is 11.6 Å². The highest BCUT2D eigenvalue weighted by molar-refractivity contribution is 7.89. The Labute approximate surface area is 163 Å². The molecule has 0 aliphatic heterocycles. The summed E-state index contributed by atoms with van der Waals surface area (Å²) in [4.78, 5) is 34.6. The van der Waals surface area contributed by atoms with Gasteiger partial charge in [-0.25, -0.2) is 18.0 Å². The first kappa shape index (κ1) is 22.9. The summed E-state index contributed by atoms with van der Waals surface area (Å²) >= 11 is 5.99. The second kappa shape index (κ2) is 10.2. The number of urea groups is 1. The van der Waals surface area contributed by atoms with Crippen molar-refractivity contribution in [2.75, 3.05) is 26.2 Å². The molecule has 0 unspecified atom stereocenters. The lowest BCUT2D eigenvalue weighted by Crippen LogP contribution is -2.41. The third kappa shape index (κ3) is 6.19. The number of amides is 3. The number of halogens is 1. The summed E-state index contributed by atoms with van der Waals surface area (Å²) in [5.41, 5.74) is -0.0871. The zero-order valence-corrected chi connectivity index (χ0v) is 16.8. The first-order valence-corrected chi connectivity index (χ1v) is 10.0. The minimum absolute atomic E-state index is 0.0348. The number of benzene rings is 1. The Kier molecular flexibility index (Phi) is 8.67. The molecule has 3 amide bonds. The van der Waals surface area contributed by atoms with E-state index in [0.717, 1.165) is 6.07 Å². The van der Waals surface area contributed by atoms with Gasteiger partial charge in [0.05, 0.1) is 10.6 Å². The van der Waals surface area contributed by atoms with Gasteiger partial charge in [-0.3, -0.25) is 10.1 Å². The normalized spacial score (nSPS) is 11.1. The number of sulfonamides is 1. The third-order valence-corrected chi connectivity index (χ3v) is 5.95. The van der Waals surface area contributed by atoms with Gasteiger partial charge >= 0.3 is 12.0 Å². The van der Waals surface area contributed by atoms with E-state index in [0.29, 0.717) is 6.54 Å². The average molecular weight is 420 g/mol. The molecule has 0 heterocycles. The molecule has 0 atom stereocenters. The van der Waals surface area contributed by atoms with E-state index in [-0.39, 0.29) is 28.6 Å². The zero-order chi connectivity index (χ0) is 20.6. The number of ether oxygens (including phenoxy) is 1. The van der Waals surface area contributed by atoms with Crippen molar-refractivity contribution in [1.29, 1.82) is 0 Å². The summed E-state index contributed by atoms with van der Waals surface area (Å²) in [7, 11) is -3.88. The van der Waals surface area contributed by atoms with Crippen molar-refractivity contribution >= 4 is 39.5 Å². The zero-order valence-electron chi connectivity index (χ0n) is 15.2. The van der Waals surface area contributed by atoms with Crippen molar-refractivity contribution in [2.24, 2.45) is 0 Å². The molecule has 1 aromatic carbocycles. The molecular formula is C16H22ClN3O6S. The van der Waals surface area contributed by atoms with Crippen molar-refractivity contribution in [3.8, 4) is 0 Å². The Hall–Kier alpha value is -2.17. The molecule has 1 aromatic rings. The molecule has 0 aliphatic carbocycles. The monoisotopic (exact) mass is 419 g/mol. The van der Waals surface area contributed by atoms with Crippen LogP contribution in [0.5, 0.6) is 0 Å². The van der Waals surface area contributed by atoms with Crippen LogP contribution in [0.2, 0.25) is 5.02 Å². The lowest BCUT2D eigenvalue weighted by molar-refractivity contribution is -0.123. The standard InChI is InChI=1S/C16H22ClN3O6S/c1-4-18-16(23)19-14(21)10-26-15(22)11-7-8-12(17)13(9-11)27(24,25)20(5-2)6-3/h7-9H,4-6,10H2,1-3H3,(H2,18,19,21,23). The molecule has 0 fully saturated rings. The fraction of sp³-hybridized carbons (Fsp3) is 0.438. The van der Waals surface area contributed by atoms with Crippen LogP contribution in [0.1, 0.15) is 31.1 Å². The van der Waals surface area contributed by atoms with Gasteiger partial charge < -0.3 is 10.1 Å². The van der Waals surface area contributed by atoms with Crippen LogP contribution in [-0.4, -0.2) is 56.9 Å². The Balaban J connectivity index is 2.91. The maximum absolute atomic E-state index is 12.6. The van der Waals surface area contributed by atoms with Crippen molar-refractivity contribution in [3.05, 3.63) is 28.8 Å². The first-order valence-electron chi connectivity index (χ1n) is 8.21. The van der Waals surface area contributed by atoms with Gasteiger partial charge in [-0.15, -0.1) is 0 Å². The van der Waals surface area contributed by atoms with Gasteiger partial charge in [0, 0.05) is 19.6 Å². The molecule has 27 heavy (non-hydrogen) atoms. The van der Waals surface area contributed by atoms with E-state index in [1.807, 2.05) is 5.32 Å². The van der Waals surface area contributed by atoms with Gasteiger partial charge in [-0.2, -0.15) is 4.31 Å². The van der Waals surface area contributed by atoms with Crippen LogP contribution < -0.4 is 10.6 Å². The Bertz CT molecular complexity index is 808. The minimum Gasteiger partial charge on any atom is -0.452 e. The van der Waals surface area contributed by atoms with Gasteiger partial charge in [0.1, 0.15) is 4.90 Å². The Morgan fingerprint density at radius 3 is 2.33 bits per heavy atom. The van der Waals surface area contributed by atoms with Gasteiger partial charge in [0.15, 0.2) is 6.61 Å². The van der Waals surface area contributed by atoms with Gasteiger partial charge in [-0.05, 0) is 25.1 Å². The summed E-state index contributed by atoms with van der Waals surface area (Å²) < 4.78 is 31.2. The Morgan fingerprint density at radius 2 is 1.78 bits per heavy atom. The van der Waals surface area contributed by atoms with Gasteiger partial charge in [0.2, 0.25) is 10.0 Å². The molecule has 2 N–H and O–H groups in total. The summed E-state index contributed by atoms with van der Waals surface area (Å²) in [6.45, 7) is 5.15. The topological polar surface area (TPSA) is 122 Å². The number of carbonyl (C=O) groups excluding carboxylic acids is 3. The molecule has 0 bridgehead atoms. The summed E-state index contributed by atoms with van der Waals surface area (Å²) in [6, 6.07) is 2.94. The molecular weight excluding hydrogens is 398 g/mol. The predicted molar refractivity (Wildman–Crippen MR) is 99.1 cm³/mol. The number of imide groups is 1. The lowest BCUT2D eigenvalue weighted by Gasteiger charge is -2.19. The Morgan fingerprint density at radius 1 is 1.15 bits per heavy atom. The minimum atomic E-state index is -3.88. The van der Waals surface area contributed by atoms with Crippen molar-refractivity contribution in [1.82, 2.24) is 14.9 Å². The smallest absolute Gasteiger partial charge is 0.338 e. The van der Waals surface area contributed by atoms with Crippen molar-refractivity contribution in [3.63, 3.8) is 0 Å². The van der Waals surface area contributed by atoms with E-state index >= 15 is 0 Å². The number of rotatable bonds is 8. The lowest BCUT2D eigenvalue weighted by atomic mass is 10.2. The third-order valence-electron chi connectivity index (χ3n) is 3.41. The van der Waals surface area contributed by atoms with E-state index in [1.54, 1.807) is 20.8 Å². The maximum atomic E-state index is 12.6. The van der Waals surface area contributed by atoms with E-state index in [1.165, 1.54) is 16.4 Å². The average Bonchev–Trinajstić information content (AvgIpc) is 2.60. The maximum Gasteiger partial charge on any atom is 0.338 e. The number of nitrogens with zero attached hydrogens (tertiary/aromatic N) is 1. The number of carbonyl (C=O) groups is 3. The van der Waals surface area contributed by atoms with E-state index in [4.69, 9.17) is 16.3 Å². The molecule has 1 rings (SSSR count). The SMILES string of the molecule is CCNC(=O)NC(=O)COC(=O)c1ccc(Cl)c(S(=O)(=O)N(CC)CC)c1. The first-order chi connectivity index (χ1) is 12.7. The second-order valence-electron chi connectivity index (χ2n) is 5.22. The summed E-state index contributed by atoms with van der Waals surface area (Å²) in [5, 5.41) is 4.29. The van der Waals surface area contributed by atoms with Crippen LogP contribution in [0.3, 0.4) is 0 Å². The fourth-order valence-corrected chi connectivity index (χ4v) is 4.07. The summed E-state index contributed by atoms with van der Waals surface area (Å²) in [6.07, 6.45) is 0. The van der Waals surface area contributed by atoms with Crippen molar-refractivity contribution < 1.29 is 27.5 Å². The number of esters is 1. The molecule has 9 nitrogen and oxygen atoms in total. The number of hydrogen-bond acceptors (Lipinski definition) is 6. The van der Waals surface area contributed by atoms with E-state index in [2.05, 4.69) is 5.32 Å². The van der Waals surface area contributed by atoms with Crippen LogP contribution in [0, 0.1) is 0 Å². The second-order valence-corrected chi connectivity index (χ2v) is 7.53.